The van der Waals surface area contributed by atoms with Crippen molar-refractivity contribution in [2.24, 2.45) is 0 Å². The predicted molar refractivity (Wildman–Crippen MR) is 122 cm³/mol. The van der Waals surface area contributed by atoms with Crippen molar-refractivity contribution in [1.29, 1.82) is 0 Å². The third-order valence-electron chi connectivity index (χ3n) is 4.66. The molecule has 1 heterocycles. The molecule has 4 rings (SSSR count). The van der Waals surface area contributed by atoms with E-state index in [1.807, 2.05) is 42.5 Å². The zero-order valence-electron chi connectivity index (χ0n) is 16.3. The number of aromatic amines is 1. The first-order chi connectivity index (χ1) is 14.2. The maximum Gasteiger partial charge on any atom is 0.203 e. The Bertz CT molecular complexity index is 1130. The number of hydrogen-bond acceptors (Lipinski definition) is 4. The molecule has 3 aromatic carbocycles. The van der Waals surface area contributed by atoms with Crippen LogP contribution in [0.1, 0.15) is 0 Å². The smallest absolute Gasteiger partial charge is 0.203 e. The Kier molecular flexibility index (Phi) is 5.74. The normalized spacial score (nSPS) is 10.9. The maximum atomic E-state index is 5.53. The standard InChI is InChI=1S/C23H20BrNO3S/c1-26-18-12-15(13-19(27-2)22(18)28-3)29-23-16-10-7-11-17(24)21(16)25-20(23)14-8-5-4-6-9-14/h4-13,25H,1-3H3. The Labute approximate surface area is 182 Å². The fourth-order valence-corrected chi connectivity index (χ4v) is 4.89. The van der Waals surface area contributed by atoms with Crippen LogP contribution in [-0.4, -0.2) is 26.3 Å². The molecule has 0 radical (unpaired) electrons. The molecule has 4 aromatic rings. The van der Waals surface area contributed by atoms with E-state index in [4.69, 9.17) is 14.2 Å². The van der Waals surface area contributed by atoms with E-state index in [1.165, 1.54) is 0 Å². The van der Waals surface area contributed by atoms with Gasteiger partial charge in [0.25, 0.3) is 0 Å². The highest BCUT2D eigenvalue weighted by molar-refractivity contribution is 9.10. The Hall–Kier alpha value is -2.57. The Morgan fingerprint density at radius 3 is 2.14 bits per heavy atom. The van der Waals surface area contributed by atoms with Crippen LogP contribution in [0.4, 0.5) is 0 Å². The number of para-hydroxylation sites is 1. The lowest BCUT2D eigenvalue weighted by Crippen LogP contribution is -1.95. The molecule has 4 nitrogen and oxygen atoms in total. The number of benzene rings is 3. The van der Waals surface area contributed by atoms with Crippen molar-refractivity contribution in [3.05, 3.63) is 65.1 Å². The summed E-state index contributed by atoms with van der Waals surface area (Å²) in [5.74, 6) is 1.86. The summed E-state index contributed by atoms with van der Waals surface area (Å²) in [6.45, 7) is 0. The van der Waals surface area contributed by atoms with Crippen molar-refractivity contribution in [3.8, 4) is 28.5 Å². The van der Waals surface area contributed by atoms with Crippen molar-refractivity contribution in [3.63, 3.8) is 0 Å². The lowest BCUT2D eigenvalue weighted by molar-refractivity contribution is 0.323. The molecule has 0 aliphatic heterocycles. The minimum atomic E-state index is 0.587. The first-order valence-electron chi connectivity index (χ1n) is 8.99. The lowest BCUT2D eigenvalue weighted by Gasteiger charge is -2.14. The summed E-state index contributed by atoms with van der Waals surface area (Å²) in [5.41, 5.74) is 3.28. The molecule has 6 heteroatoms. The SMILES string of the molecule is COc1cc(Sc2c(-c3ccccc3)[nH]c3c(Br)cccc23)cc(OC)c1OC. The second kappa shape index (κ2) is 8.43. The van der Waals surface area contributed by atoms with E-state index in [1.54, 1.807) is 33.1 Å². The Balaban J connectivity index is 1.89. The molecule has 0 spiro atoms. The molecular weight excluding hydrogens is 450 g/mol. The fraction of sp³-hybridized carbons (Fsp3) is 0.130. The molecule has 148 valence electrons. The van der Waals surface area contributed by atoms with Crippen LogP contribution in [-0.2, 0) is 0 Å². The third kappa shape index (κ3) is 3.70. The molecule has 0 saturated heterocycles. The summed E-state index contributed by atoms with van der Waals surface area (Å²) in [5, 5.41) is 1.15. The number of halogens is 1. The van der Waals surface area contributed by atoms with Gasteiger partial charge in [0.15, 0.2) is 11.5 Å². The van der Waals surface area contributed by atoms with Gasteiger partial charge >= 0.3 is 0 Å². The molecule has 1 aromatic heterocycles. The second-order valence-electron chi connectivity index (χ2n) is 6.32. The first kappa shape index (κ1) is 19.7. The molecule has 0 bridgehead atoms. The quantitative estimate of drug-likeness (QED) is 0.338. The number of methoxy groups -OCH3 is 3. The van der Waals surface area contributed by atoms with Crippen LogP contribution in [0.15, 0.2) is 74.9 Å². The third-order valence-corrected chi connectivity index (χ3v) is 6.42. The van der Waals surface area contributed by atoms with Gasteiger partial charge in [0.1, 0.15) is 0 Å². The van der Waals surface area contributed by atoms with Crippen molar-refractivity contribution in [2.45, 2.75) is 9.79 Å². The highest BCUT2D eigenvalue weighted by atomic mass is 79.9. The molecule has 0 unspecified atom stereocenters. The van der Waals surface area contributed by atoms with Gasteiger partial charge in [-0.05, 0) is 39.7 Å². The van der Waals surface area contributed by atoms with Crippen LogP contribution in [0.3, 0.4) is 0 Å². The average molecular weight is 470 g/mol. The summed E-state index contributed by atoms with van der Waals surface area (Å²) in [4.78, 5) is 5.73. The summed E-state index contributed by atoms with van der Waals surface area (Å²) in [6, 6.07) is 20.5. The van der Waals surface area contributed by atoms with Crippen molar-refractivity contribution in [2.75, 3.05) is 21.3 Å². The average Bonchev–Trinajstić information content (AvgIpc) is 3.13. The van der Waals surface area contributed by atoms with E-state index >= 15 is 0 Å². The highest BCUT2D eigenvalue weighted by Gasteiger charge is 2.19. The molecular formula is C23H20BrNO3S. The molecule has 29 heavy (non-hydrogen) atoms. The van der Waals surface area contributed by atoms with Crippen molar-refractivity contribution >= 4 is 38.6 Å². The molecule has 0 fully saturated rings. The number of nitrogens with one attached hydrogen (secondary N) is 1. The molecule has 0 atom stereocenters. The van der Waals surface area contributed by atoms with Crippen LogP contribution in [0.25, 0.3) is 22.2 Å². The number of aromatic nitrogens is 1. The van der Waals surface area contributed by atoms with E-state index in [-0.39, 0.29) is 0 Å². The topological polar surface area (TPSA) is 43.5 Å². The van der Waals surface area contributed by atoms with Crippen LogP contribution < -0.4 is 14.2 Å². The van der Waals surface area contributed by atoms with E-state index in [2.05, 4.69) is 39.1 Å². The fourth-order valence-electron chi connectivity index (χ4n) is 3.30. The number of hydrogen-bond donors (Lipinski definition) is 1. The zero-order valence-corrected chi connectivity index (χ0v) is 18.7. The van der Waals surface area contributed by atoms with Gasteiger partial charge in [-0.25, -0.2) is 0 Å². The van der Waals surface area contributed by atoms with Gasteiger partial charge in [0, 0.05) is 19.6 Å². The van der Waals surface area contributed by atoms with Gasteiger partial charge in [-0.1, -0.05) is 54.2 Å². The Morgan fingerprint density at radius 2 is 1.52 bits per heavy atom. The molecule has 0 aliphatic carbocycles. The summed E-state index contributed by atoms with van der Waals surface area (Å²) >= 11 is 5.33. The number of rotatable bonds is 6. The van der Waals surface area contributed by atoms with Gasteiger partial charge in [-0.15, -0.1) is 0 Å². The molecule has 0 amide bonds. The van der Waals surface area contributed by atoms with Crippen molar-refractivity contribution in [1.82, 2.24) is 4.98 Å². The number of ether oxygens (including phenoxy) is 3. The van der Waals surface area contributed by atoms with Crippen LogP contribution in [0.5, 0.6) is 17.2 Å². The minimum Gasteiger partial charge on any atom is -0.493 e. The largest absolute Gasteiger partial charge is 0.493 e. The molecule has 1 N–H and O–H groups in total. The first-order valence-corrected chi connectivity index (χ1v) is 10.6. The highest BCUT2D eigenvalue weighted by Crippen LogP contribution is 2.47. The summed E-state index contributed by atoms with van der Waals surface area (Å²) in [6.07, 6.45) is 0. The van der Waals surface area contributed by atoms with E-state index < -0.39 is 0 Å². The maximum absolute atomic E-state index is 5.53. The van der Waals surface area contributed by atoms with Gasteiger partial charge in [-0.3, -0.25) is 0 Å². The van der Waals surface area contributed by atoms with Crippen LogP contribution in [0, 0.1) is 0 Å². The monoisotopic (exact) mass is 469 g/mol. The van der Waals surface area contributed by atoms with Gasteiger partial charge in [-0.2, -0.15) is 0 Å². The second-order valence-corrected chi connectivity index (χ2v) is 8.26. The van der Waals surface area contributed by atoms with Crippen LogP contribution >= 0.6 is 27.7 Å². The van der Waals surface area contributed by atoms with Gasteiger partial charge < -0.3 is 19.2 Å². The summed E-state index contributed by atoms with van der Waals surface area (Å²) < 4.78 is 17.5. The van der Waals surface area contributed by atoms with Gasteiger partial charge in [0.05, 0.1) is 32.5 Å². The van der Waals surface area contributed by atoms with E-state index in [9.17, 15) is 0 Å². The van der Waals surface area contributed by atoms with Crippen LogP contribution in [0.2, 0.25) is 0 Å². The number of H-pyrrole nitrogens is 1. The number of fused-ring (bicyclic) bond motifs is 1. The van der Waals surface area contributed by atoms with E-state index in [0.29, 0.717) is 17.2 Å². The summed E-state index contributed by atoms with van der Waals surface area (Å²) in [7, 11) is 4.87. The van der Waals surface area contributed by atoms with Crippen molar-refractivity contribution < 1.29 is 14.2 Å². The zero-order chi connectivity index (χ0) is 20.4. The van der Waals surface area contributed by atoms with E-state index in [0.717, 1.165) is 36.4 Å². The molecule has 0 saturated carbocycles. The minimum absolute atomic E-state index is 0.587. The predicted octanol–water partition coefficient (Wildman–Crippen LogP) is 6.77. The Morgan fingerprint density at radius 1 is 0.828 bits per heavy atom. The molecule has 0 aliphatic rings. The van der Waals surface area contributed by atoms with Gasteiger partial charge in [0.2, 0.25) is 5.75 Å². The lowest BCUT2D eigenvalue weighted by atomic mass is 10.1.